The van der Waals surface area contributed by atoms with Gasteiger partial charge in [-0.3, -0.25) is 0 Å². The molecule has 1 aliphatic heterocycles. The lowest BCUT2D eigenvalue weighted by atomic mass is 10.1. The van der Waals surface area contributed by atoms with E-state index in [-0.39, 0.29) is 0 Å². The molecule has 2 rings (SSSR count). The minimum atomic E-state index is 0.299. The molecule has 0 saturated carbocycles. The Hall–Kier alpha value is -0.900. The zero-order valence-corrected chi connectivity index (χ0v) is 11.3. The van der Waals surface area contributed by atoms with E-state index in [1.165, 1.54) is 11.1 Å². The van der Waals surface area contributed by atoms with E-state index in [2.05, 4.69) is 43.4 Å². The summed E-state index contributed by atoms with van der Waals surface area (Å²) in [6, 6.07) is 8.59. The molecule has 0 amide bonds. The van der Waals surface area contributed by atoms with E-state index in [0.717, 1.165) is 26.3 Å². The first-order valence-electron chi connectivity index (χ1n) is 6.72. The Labute approximate surface area is 109 Å². The van der Waals surface area contributed by atoms with Gasteiger partial charge in [0.05, 0.1) is 19.8 Å². The number of nitrogens with one attached hydrogen (secondary N) is 1. The van der Waals surface area contributed by atoms with E-state index in [0.29, 0.717) is 18.6 Å². The van der Waals surface area contributed by atoms with Crippen molar-refractivity contribution in [3.8, 4) is 0 Å². The van der Waals surface area contributed by atoms with Crippen LogP contribution in [0.3, 0.4) is 0 Å². The maximum absolute atomic E-state index is 5.72. The first-order valence-corrected chi connectivity index (χ1v) is 6.72. The summed E-state index contributed by atoms with van der Waals surface area (Å²) < 4.78 is 10.8. The zero-order chi connectivity index (χ0) is 12.8. The van der Waals surface area contributed by atoms with Gasteiger partial charge in [0.1, 0.15) is 6.10 Å². The highest BCUT2D eigenvalue weighted by atomic mass is 16.6. The predicted octanol–water partition coefficient (Wildman–Crippen LogP) is 2.35. The second kappa shape index (κ2) is 6.88. The van der Waals surface area contributed by atoms with Crippen LogP contribution in [0, 0.1) is 5.92 Å². The van der Waals surface area contributed by atoms with Crippen LogP contribution < -0.4 is 5.32 Å². The number of hydrogen-bond acceptors (Lipinski definition) is 3. The molecule has 1 aromatic rings. The Balaban J connectivity index is 1.76. The number of ether oxygens (including phenoxy) is 2. The Morgan fingerprint density at radius 1 is 1.33 bits per heavy atom. The first kappa shape index (κ1) is 13.5. The highest BCUT2D eigenvalue weighted by Gasteiger charge is 2.18. The smallest absolute Gasteiger partial charge is 0.105 e. The van der Waals surface area contributed by atoms with Crippen LogP contribution >= 0.6 is 0 Å². The molecular formula is C15H23NO2. The van der Waals surface area contributed by atoms with Crippen LogP contribution in [0.15, 0.2) is 24.3 Å². The van der Waals surface area contributed by atoms with Crippen molar-refractivity contribution in [2.45, 2.75) is 33.1 Å². The van der Waals surface area contributed by atoms with Crippen LogP contribution in [0.4, 0.5) is 0 Å². The van der Waals surface area contributed by atoms with Gasteiger partial charge in [-0.25, -0.2) is 0 Å². The molecule has 100 valence electrons. The molecule has 0 spiro atoms. The summed E-state index contributed by atoms with van der Waals surface area (Å²) in [7, 11) is 0. The van der Waals surface area contributed by atoms with Crippen molar-refractivity contribution < 1.29 is 9.47 Å². The molecule has 3 nitrogen and oxygen atoms in total. The molecule has 1 heterocycles. The van der Waals surface area contributed by atoms with E-state index in [1.807, 2.05) is 0 Å². The van der Waals surface area contributed by atoms with Gasteiger partial charge in [0.2, 0.25) is 0 Å². The molecule has 1 N–H and O–H groups in total. The van der Waals surface area contributed by atoms with Crippen LogP contribution in [-0.4, -0.2) is 25.9 Å². The van der Waals surface area contributed by atoms with Crippen molar-refractivity contribution in [2.24, 2.45) is 5.92 Å². The molecule has 1 fully saturated rings. The maximum atomic E-state index is 5.72. The minimum absolute atomic E-state index is 0.299. The molecule has 1 aromatic carbocycles. The lowest BCUT2D eigenvalue weighted by Gasteiger charge is -2.26. The van der Waals surface area contributed by atoms with Crippen molar-refractivity contribution in [1.82, 2.24) is 5.32 Å². The SMILES string of the molecule is CC(C)CNCc1cccc(COC2COC2)c1. The van der Waals surface area contributed by atoms with Crippen molar-refractivity contribution >= 4 is 0 Å². The van der Waals surface area contributed by atoms with Gasteiger partial charge in [-0.15, -0.1) is 0 Å². The molecule has 0 aliphatic carbocycles. The Bertz CT molecular complexity index is 361. The van der Waals surface area contributed by atoms with E-state index in [4.69, 9.17) is 9.47 Å². The zero-order valence-electron chi connectivity index (χ0n) is 11.3. The van der Waals surface area contributed by atoms with Gasteiger partial charge >= 0.3 is 0 Å². The monoisotopic (exact) mass is 249 g/mol. The molecule has 0 bridgehead atoms. The fourth-order valence-corrected chi connectivity index (χ4v) is 1.86. The quantitative estimate of drug-likeness (QED) is 0.804. The van der Waals surface area contributed by atoms with Gasteiger partial charge in [0, 0.05) is 6.54 Å². The number of rotatable bonds is 7. The standard InChI is InChI=1S/C15H23NO2/c1-12(2)7-16-8-13-4-3-5-14(6-13)9-18-15-10-17-11-15/h3-6,12,15-16H,7-11H2,1-2H3. The fourth-order valence-electron chi connectivity index (χ4n) is 1.86. The Morgan fingerprint density at radius 3 is 2.78 bits per heavy atom. The van der Waals surface area contributed by atoms with E-state index in [1.54, 1.807) is 0 Å². The minimum Gasteiger partial charge on any atom is -0.376 e. The highest BCUT2D eigenvalue weighted by molar-refractivity contribution is 5.22. The topological polar surface area (TPSA) is 30.5 Å². The van der Waals surface area contributed by atoms with Crippen LogP contribution in [0.1, 0.15) is 25.0 Å². The molecular weight excluding hydrogens is 226 g/mol. The number of benzene rings is 1. The molecule has 1 aliphatic rings. The van der Waals surface area contributed by atoms with Gasteiger partial charge in [0.25, 0.3) is 0 Å². The van der Waals surface area contributed by atoms with Crippen LogP contribution in [0.2, 0.25) is 0 Å². The van der Waals surface area contributed by atoms with E-state index < -0.39 is 0 Å². The van der Waals surface area contributed by atoms with Gasteiger partial charge in [0.15, 0.2) is 0 Å². The summed E-state index contributed by atoms with van der Waals surface area (Å²) in [5, 5.41) is 3.45. The summed E-state index contributed by atoms with van der Waals surface area (Å²) in [6.07, 6.45) is 0.299. The summed E-state index contributed by atoms with van der Waals surface area (Å²) in [4.78, 5) is 0. The molecule has 0 unspecified atom stereocenters. The second-order valence-electron chi connectivity index (χ2n) is 5.32. The second-order valence-corrected chi connectivity index (χ2v) is 5.32. The molecule has 0 radical (unpaired) electrons. The van der Waals surface area contributed by atoms with E-state index >= 15 is 0 Å². The van der Waals surface area contributed by atoms with Crippen LogP contribution in [0.5, 0.6) is 0 Å². The molecule has 0 atom stereocenters. The average Bonchev–Trinajstić information content (AvgIpc) is 2.27. The summed E-state index contributed by atoms with van der Waals surface area (Å²) >= 11 is 0. The third kappa shape index (κ3) is 4.41. The summed E-state index contributed by atoms with van der Waals surface area (Å²) in [5.74, 6) is 0.690. The third-order valence-electron chi connectivity index (χ3n) is 2.97. The van der Waals surface area contributed by atoms with Gasteiger partial charge < -0.3 is 14.8 Å². The van der Waals surface area contributed by atoms with Gasteiger partial charge in [-0.05, 0) is 23.6 Å². The fraction of sp³-hybridized carbons (Fsp3) is 0.600. The molecule has 18 heavy (non-hydrogen) atoms. The van der Waals surface area contributed by atoms with Gasteiger partial charge in [-0.1, -0.05) is 38.1 Å². The predicted molar refractivity (Wildman–Crippen MR) is 72.4 cm³/mol. The van der Waals surface area contributed by atoms with Crippen molar-refractivity contribution in [3.63, 3.8) is 0 Å². The molecule has 0 aromatic heterocycles. The molecule has 1 saturated heterocycles. The van der Waals surface area contributed by atoms with Crippen molar-refractivity contribution in [2.75, 3.05) is 19.8 Å². The van der Waals surface area contributed by atoms with Crippen LogP contribution in [-0.2, 0) is 22.6 Å². The highest BCUT2D eigenvalue weighted by Crippen LogP contribution is 2.11. The van der Waals surface area contributed by atoms with E-state index in [9.17, 15) is 0 Å². The third-order valence-corrected chi connectivity index (χ3v) is 2.97. The Morgan fingerprint density at radius 2 is 2.11 bits per heavy atom. The lowest BCUT2D eigenvalue weighted by molar-refractivity contribution is -0.135. The average molecular weight is 249 g/mol. The van der Waals surface area contributed by atoms with Crippen LogP contribution in [0.25, 0.3) is 0 Å². The number of hydrogen-bond donors (Lipinski definition) is 1. The van der Waals surface area contributed by atoms with Gasteiger partial charge in [-0.2, -0.15) is 0 Å². The molecule has 3 heteroatoms. The van der Waals surface area contributed by atoms with Crippen molar-refractivity contribution in [3.05, 3.63) is 35.4 Å². The largest absolute Gasteiger partial charge is 0.376 e. The first-order chi connectivity index (χ1) is 8.74. The van der Waals surface area contributed by atoms with Crippen molar-refractivity contribution in [1.29, 1.82) is 0 Å². The Kier molecular flexibility index (Phi) is 5.17. The summed E-state index contributed by atoms with van der Waals surface area (Å²) in [6.45, 7) is 8.60. The lowest BCUT2D eigenvalue weighted by Crippen LogP contribution is -2.35. The summed E-state index contributed by atoms with van der Waals surface area (Å²) in [5.41, 5.74) is 2.56. The normalized spacial score (nSPS) is 15.9. The maximum Gasteiger partial charge on any atom is 0.105 e.